The average molecular weight is 370 g/mol. The molecule has 1 atom stereocenters. The van der Waals surface area contributed by atoms with Crippen molar-refractivity contribution in [3.8, 4) is 5.75 Å². The number of carboxylic acid groups (broad SMARTS) is 1. The molecule has 0 fully saturated rings. The van der Waals surface area contributed by atoms with Gasteiger partial charge in [0.1, 0.15) is 18.4 Å². The molecule has 1 unspecified atom stereocenters. The molecular weight excluding hydrogens is 354 g/mol. The number of hydrogen-bond donors (Lipinski definition) is 2. The van der Waals surface area contributed by atoms with Crippen LogP contribution in [0.3, 0.4) is 0 Å². The number of alkyl halides is 2. The van der Waals surface area contributed by atoms with Crippen LogP contribution >= 0.6 is 11.3 Å². The number of rotatable bonds is 8. The number of thiazole rings is 1. The van der Waals surface area contributed by atoms with Gasteiger partial charge in [-0.3, -0.25) is 4.79 Å². The maximum Gasteiger partial charge on any atom is 0.326 e. The number of carbonyl (C=O) groups excluding carboxylic acids is 1. The fraction of sp³-hybridized carbons (Fsp3) is 0.312. The minimum Gasteiger partial charge on any atom is -0.487 e. The van der Waals surface area contributed by atoms with Crippen LogP contribution in [0.1, 0.15) is 27.5 Å². The van der Waals surface area contributed by atoms with E-state index < -0.39 is 30.8 Å². The quantitative estimate of drug-likeness (QED) is 0.746. The third-order valence-electron chi connectivity index (χ3n) is 3.17. The molecule has 0 aliphatic carbocycles. The number of benzene rings is 1. The van der Waals surface area contributed by atoms with E-state index in [-0.39, 0.29) is 12.2 Å². The van der Waals surface area contributed by atoms with Crippen molar-refractivity contribution in [1.82, 2.24) is 10.3 Å². The summed E-state index contributed by atoms with van der Waals surface area (Å²) in [5, 5.41) is 13.8. The van der Waals surface area contributed by atoms with Gasteiger partial charge in [-0.05, 0) is 25.1 Å². The maximum atomic E-state index is 12.4. The second-order valence-corrected chi connectivity index (χ2v) is 6.23. The van der Waals surface area contributed by atoms with Crippen molar-refractivity contribution in [1.29, 1.82) is 0 Å². The van der Waals surface area contributed by atoms with Crippen molar-refractivity contribution >= 4 is 23.2 Å². The summed E-state index contributed by atoms with van der Waals surface area (Å²) in [5.41, 5.74) is 0.868. The molecule has 1 heterocycles. The lowest BCUT2D eigenvalue weighted by Gasteiger charge is -2.14. The molecule has 0 radical (unpaired) electrons. The van der Waals surface area contributed by atoms with Gasteiger partial charge in [-0.2, -0.15) is 0 Å². The molecule has 25 heavy (non-hydrogen) atoms. The molecule has 1 amide bonds. The number of ether oxygens (including phenoxy) is 1. The number of halogens is 2. The molecule has 1 aromatic heterocycles. The van der Waals surface area contributed by atoms with Gasteiger partial charge in [0.15, 0.2) is 0 Å². The van der Waals surface area contributed by atoms with Gasteiger partial charge in [-0.15, -0.1) is 11.3 Å². The third kappa shape index (κ3) is 5.79. The van der Waals surface area contributed by atoms with E-state index in [1.165, 1.54) is 23.5 Å². The Kier molecular flexibility index (Phi) is 6.40. The second kappa shape index (κ2) is 8.52. The number of amides is 1. The SMILES string of the molecule is Cc1nc(COc2cccc(C(=O)NC(CC(F)F)C(=O)O)c2)cs1. The summed E-state index contributed by atoms with van der Waals surface area (Å²) in [7, 11) is 0. The number of aliphatic carboxylic acids is 1. The van der Waals surface area contributed by atoms with Crippen LogP contribution < -0.4 is 10.1 Å². The van der Waals surface area contributed by atoms with Crippen molar-refractivity contribution in [2.45, 2.75) is 32.4 Å². The summed E-state index contributed by atoms with van der Waals surface area (Å²) < 4.78 is 30.3. The Morgan fingerprint density at radius 2 is 2.16 bits per heavy atom. The molecule has 9 heteroatoms. The van der Waals surface area contributed by atoms with Crippen LogP contribution in [0, 0.1) is 6.92 Å². The van der Waals surface area contributed by atoms with Crippen LogP contribution in [-0.4, -0.2) is 34.4 Å². The zero-order chi connectivity index (χ0) is 18.4. The van der Waals surface area contributed by atoms with E-state index in [1.54, 1.807) is 12.1 Å². The second-order valence-electron chi connectivity index (χ2n) is 5.17. The maximum absolute atomic E-state index is 12.4. The van der Waals surface area contributed by atoms with Crippen LogP contribution in [0.4, 0.5) is 8.78 Å². The van der Waals surface area contributed by atoms with E-state index in [0.717, 1.165) is 10.7 Å². The number of hydrogen-bond acceptors (Lipinski definition) is 5. The number of nitrogens with zero attached hydrogens (tertiary/aromatic N) is 1. The molecule has 0 bridgehead atoms. The fourth-order valence-corrected chi connectivity index (χ4v) is 2.60. The molecular formula is C16H16F2N2O4S. The normalized spacial score (nSPS) is 12.0. The highest BCUT2D eigenvalue weighted by Crippen LogP contribution is 2.17. The molecule has 2 aromatic rings. The Labute approximate surface area is 146 Å². The highest BCUT2D eigenvalue weighted by Gasteiger charge is 2.24. The molecule has 2 rings (SSSR count). The Bertz CT molecular complexity index is 751. The molecule has 0 spiro atoms. The lowest BCUT2D eigenvalue weighted by molar-refractivity contribution is -0.140. The van der Waals surface area contributed by atoms with Gasteiger partial charge in [0.05, 0.1) is 10.7 Å². The van der Waals surface area contributed by atoms with Crippen LogP contribution in [0.15, 0.2) is 29.6 Å². The van der Waals surface area contributed by atoms with Crippen molar-refractivity contribution in [2.75, 3.05) is 0 Å². The van der Waals surface area contributed by atoms with E-state index in [0.29, 0.717) is 5.75 Å². The van der Waals surface area contributed by atoms with Gasteiger partial charge in [-0.25, -0.2) is 18.6 Å². The van der Waals surface area contributed by atoms with Crippen LogP contribution in [0.25, 0.3) is 0 Å². The first-order valence-corrected chi connectivity index (χ1v) is 8.19. The zero-order valence-electron chi connectivity index (χ0n) is 13.2. The molecule has 2 N–H and O–H groups in total. The van der Waals surface area contributed by atoms with Gasteiger partial charge >= 0.3 is 5.97 Å². The lowest BCUT2D eigenvalue weighted by Crippen LogP contribution is -2.42. The minimum absolute atomic E-state index is 0.118. The fourth-order valence-electron chi connectivity index (χ4n) is 2.00. The summed E-state index contributed by atoms with van der Waals surface area (Å²) in [6, 6.07) is 4.38. The minimum atomic E-state index is -2.84. The summed E-state index contributed by atoms with van der Waals surface area (Å²) in [5.74, 6) is -1.89. The first kappa shape index (κ1) is 18.8. The summed E-state index contributed by atoms with van der Waals surface area (Å²) in [6.07, 6.45) is -3.79. The smallest absolute Gasteiger partial charge is 0.326 e. The standard InChI is InChI=1S/C16H16F2N2O4S/c1-9-19-11(8-25-9)7-24-12-4-2-3-10(5-12)15(21)20-13(16(22)23)6-14(17)18/h2-5,8,13-14H,6-7H2,1H3,(H,20,21)(H,22,23). The molecule has 0 saturated heterocycles. The molecule has 0 saturated carbocycles. The largest absolute Gasteiger partial charge is 0.487 e. The summed E-state index contributed by atoms with van der Waals surface area (Å²) >= 11 is 1.49. The van der Waals surface area contributed by atoms with E-state index in [2.05, 4.69) is 10.3 Å². The number of carboxylic acids is 1. The van der Waals surface area contributed by atoms with Crippen molar-refractivity contribution in [2.24, 2.45) is 0 Å². The number of carbonyl (C=O) groups is 2. The number of aryl methyl sites for hydroxylation is 1. The van der Waals surface area contributed by atoms with Crippen LogP contribution in [-0.2, 0) is 11.4 Å². The molecule has 134 valence electrons. The highest BCUT2D eigenvalue weighted by molar-refractivity contribution is 7.09. The van der Waals surface area contributed by atoms with E-state index in [9.17, 15) is 18.4 Å². The first-order valence-electron chi connectivity index (χ1n) is 7.31. The number of aromatic nitrogens is 1. The monoisotopic (exact) mass is 370 g/mol. The van der Waals surface area contributed by atoms with Gasteiger partial charge in [-0.1, -0.05) is 6.07 Å². The van der Waals surface area contributed by atoms with Gasteiger partial charge in [0.2, 0.25) is 6.43 Å². The Hall–Kier alpha value is -2.55. The van der Waals surface area contributed by atoms with Crippen molar-refractivity contribution in [3.63, 3.8) is 0 Å². The molecule has 1 aromatic carbocycles. The Morgan fingerprint density at radius 3 is 2.76 bits per heavy atom. The first-order chi connectivity index (χ1) is 11.8. The topological polar surface area (TPSA) is 88.5 Å². The van der Waals surface area contributed by atoms with Crippen LogP contribution in [0.5, 0.6) is 5.75 Å². The van der Waals surface area contributed by atoms with Gasteiger partial charge in [0, 0.05) is 17.4 Å². The van der Waals surface area contributed by atoms with E-state index in [1.807, 2.05) is 12.3 Å². The highest BCUT2D eigenvalue weighted by atomic mass is 32.1. The zero-order valence-corrected chi connectivity index (χ0v) is 14.1. The molecule has 0 aliphatic heterocycles. The van der Waals surface area contributed by atoms with Crippen molar-refractivity contribution in [3.05, 3.63) is 45.9 Å². The van der Waals surface area contributed by atoms with Crippen LogP contribution in [0.2, 0.25) is 0 Å². The van der Waals surface area contributed by atoms with E-state index in [4.69, 9.17) is 9.84 Å². The molecule has 6 nitrogen and oxygen atoms in total. The predicted molar refractivity (Wildman–Crippen MR) is 87.1 cm³/mol. The number of nitrogens with one attached hydrogen (secondary N) is 1. The van der Waals surface area contributed by atoms with E-state index >= 15 is 0 Å². The third-order valence-corrected chi connectivity index (χ3v) is 3.99. The summed E-state index contributed by atoms with van der Waals surface area (Å²) in [4.78, 5) is 27.3. The predicted octanol–water partition coefficient (Wildman–Crippen LogP) is 2.87. The average Bonchev–Trinajstić information content (AvgIpc) is 2.97. The van der Waals surface area contributed by atoms with Gasteiger partial charge in [0.25, 0.3) is 5.91 Å². The molecule has 0 aliphatic rings. The van der Waals surface area contributed by atoms with Gasteiger partial charge < -0.3 is 15.2 Å². The Morgan fingerprint density at radius 1 is 1.40 bits per heavy atom. The van der Waals surface area contributed by atoms with Crippen molar-refractivity contribution < 1.29 is 28.2 Å². The Balaban J connectivity index is 2.01. The lowest BCUT2D eigenvalue weighted by atomic mass is 10.1. The summed E-state index contributed by atoms with van der Waals surface area (Å²) in [6.45, 7) is 2.09.